The van der Waals surface area contributed by atoms with Gasteiger partial charge in [0.15, 0.2) is 5.78 Å². The first kappa shape index (κ1) is 13.7. The molecule has 0 spiro atoms. The fourth-order valence-corrected chi connectivity index (χ4v) is 2.27. The number of rotatable bonds is 5. The molecule has 19 heavy (non-hydrogen) atoms. The topological polar surface area (TPSA) is 53.3 Å². The summed E-state index contributed by atoms with van der Waals surface area (Å²) in [6.07, 6.45) is 2.45. The molecule has 2 rings (SSSR count). The third kappa shape index (κ3) is 3.88. The summed E-state index contributed by atoms with van der Waals surface area (Å²) in [6.45, 7) is 2.01. The van der Waals surface area contributed by atoms with Crippen molar-refractivity contribution >= 4 is 5.78 Å². The van der Waals surface area contributed by atoms with Gasteiger partial charge in [-0.1, -0.05) is 12.1 Å². The van der Waals surface area contributed by atoms with Gasteiger partial charge in [-0.2, -0.15) is 5.26 Å². The number of ether oxygens (including phenoxy) is 1. The molecule has 0 N–H and O–H groups in total. The number of likely N-dealkylation sites (N-methyl/N-ethyl adjacent to an activating group) is 1. The van der Waals surface area contributed by atoms with Crippen molar-refractivity contribution in [1.82, 2.24) is 4.90 Å². The molecular formula is C15H18N2O2. The molecule has 4 nitrogen and oxygen atoms in total. The Balaban J connectivity index is 1.86. The third-order valence-electron chi connectivity index (χ3n) is 3.29. The number of carbonyl (C=O) groups is 1. The van der Waals surface area contributed by atoms with Crippen molar-refractivity contribution in [3.05, 3.63) is 35.4 Å². The van der Waals surface area contributed by atoms with Crippen LogP contribution >= 0.6 is 0 Å². The van der Waals surface area contributed by atoms with E-state index >= 15 is 0 Å². The monoisotopic (exact) mass is 258 g/mol. The van der Waals surface area contributed by atoms with E-state index in [-0.39, 0.29) is 11.9 Å². The molecule has 0 radical (unpaired) electrons. The van der Waals surface area contributed by atoms with Crippen LogP contribution in [0.3, 0.4) is 0 Å². The van der Waals surface area contributed by atoms with E-state index in [0.717, 1.165) is 26.0 Å². The molecule has 1 aromatic carbocycles. The molecule has 1 heterocycles. The first-order chi connectivity index (χ1) is 9.19. The Bertz CT molecular complexity index is 470. The van der Waals surface area contributed by atoms with Gasteiger partial charge in [-0.25, -0.2) is 0 Å². The van der Waals surface area contributed by atoms with E-state index < -0.39 is 0 Å². The summed E-state index contributed by atoms with van der Waals surface area (Å²) in [5.74, 6) is 0.0741. The molecule has 0 aliphatic carbocycles. The van der Waals surface area contributed by atoms with Crippen LogP contribution in [0.15, 0.2) is 24.3 Å². The molecule has 1 unspecified atom stereocenters. The Morgan fingerprint density at radius 1 is 1.47 bits per heavy atom. The molecule has 1 aliphatic heterocycles. The molecule has 0 amide bonds. The van der Waals surface area contributed by atoms with Crippen LogP contribution < -0.4 is 0 Å². The molecular weight excluding hydrogens is 240 g/mol. The van der Waals surface area contributed by atoms with Crippen LogP contribution in [0.25, 0.3) is 0 Å². The maximum absolute atomic E-state index is 12.1. The van der Waals surface area contributed by atoms with Crippen molar-refractivity contribution in [2.75, 3.05) is 26.7 Å². The van der Waals surface area contributed by atoms with E-state index in [2.05, 4.69) is 0 Å². The Morgan fingerprint density at radius 3 is 2.79 bits per heavy atom. The number of nitriles is 1. The normalized spacial score (nSPS) is 18.5. The Hall–Kier alpha value is -1.70. The van der Waals surface area contributed by atoms with Gasteiger partial charge in [-0.3, -0.25) is 9.69 Å². The van der Waals surface area contributed by atoms with Crippen molar-refractivity contribution in [2.45, 2.75) is 18.9 Å². The molecule has 1 aliphatic rings. The molecule has 0 saturated carbocycles. The van der Waals surface area contributed by atoms with E-state index in [4.69, 9.17) is 10.00 Å². The van der Waals surface area contributed by atoms with Crippen molar-refractivity contribution in [1.29, 1.82) is 5.26 Å². The zero-order chi connectivity index (χ0) is 13.7. The second kappa shape index (κ2) is 6.46. The summed E-state index contributed by atoms with van der Waals surface area (Å²) in [5, 5.41) is 8.71. The van der Waals surface area contributed by atoms with Crippen LogP contribution in [0.5, 0.6) is 0 Å². The average molecular weight is 258 g/mol. The lowest BCUT2D eigenvalue weighted by Crippen LogP contribution is -2.33. The van der Waals surface area contributed by atoms with Gasteiger partial charge in [0.25, 0.3) is 0 Å². The third-order valence-corrected chi connectivity index (χ3v) is 3.29. The summed E-state index contributed by atoms with van der Waals surface area (Å²) < 4.78 is 5.55. The van der Waals surface area contributed by atoms with E-state index in [1.165, 1.54) is 0 Å². The van der Waals surface area contributed by atoms with Gasteiger partial charge >= 0.3 is 0 Å². The highest BCUT2D eigenvalue weighted by Gasteiger charge is 2.18. The van der Waals surface area contributed by atoms with Gasteiger partial charge in [0.05, 0.1) is 24.3 Å². The second-order valence-corrected chi connectivity index (χ2v) is 4.94. The summed E-state index contributed by atoms with van der Waals surface area (Å²) >= 11 is 0. The summed E-state index contributed by atoms with van der Waals surface area (Å²) in [7, 11) is 1.93. The highest BCUT2D eigenvalue weighted by atomic mass is 16.5. The van der Waals surface area contributed by atoms with Crippen LogP contribution in [0.1, 0.15) is 28.8 Å². The number of carbonyl (C=O) groups excluding carboxylic acids is 1. The van der Waals surface area contributed by atoms with Gasteiger partial charge in [0.1, 0.15) is 0 Å². The van der Waals surface area contributed by atoms with Crippen LogP contribution in [-0.4, -0.2) is 43.5 Å². The van der Waals surface area contributed by atoms with E-state index in [1.54, 1.807) is 24.3 Å². The van der Waals surface area contributed by atoms with Crippen molar-refractivity contribution in [3.8, 4) is 6.07 Å². The number of hydrogen-bond acceptors (Lipinski definition) is 4. The van der Waals surface area contributed by atoms with Crippen molar-refractivity contribution < 1.29 is 9.53 Å². The number of nitrogens with zero attached hydrogens (tertiary/aromatic N) is 2. The maximum Gasteiger partial charge on any atom is 0.176 e. The standard InChI is InChI=1S/C15H18N2O2/c1-17(10-14-3-2-8-19-14)11-15(18)13-6-4-12(9-16)5-7-13/h4-7,14H,2-3,8,10-11H2,1H3. The van der Waals surface area contributed by atoms with Crippen molar-refractivity contribution in [2.24, 2.45) is 0 Å². The van der Waals surface area contributed by atoms with Crippen LogP contribution in [0, 0.1) is 11.3 Å². The van der Waals surface area contributed by atoms with E-state index in [1.807, 2.05) is 18.0 Å². The summed E-state index contributed by atoms with van der Waals surface area (Å²) in [6, 6.07) is 8.81. The quantitative estimate of drug-likeness (QED) is 0.756. The highest BCUT2D eigenvalue weighted by Crippen LogP contribution is 2.13. The molecule has 1 fully saturated rings. The van der Waals surface area contributed by atoms with Crippen LogP contribution in [0.4, 0.5) is 0 Å². The highest BCUT2D eigenvalue weighted by molar-refractivity contribution is 5.97. The Labute approximate surface area is 113 Å². The molecule has 1 atom stereocenters. The van der Waals surface area contributed by atoms with Crippen LogP contribution in [0.2, 0.25) is 0 Å². The van der Waals surface area contributed by atoms with Gasteiger partial charge < -0.3 is 4.74 Å². The zero-order valence-corrected chi connectivity index (χ0v) is 11.1. The fourth-order valence-electron chi connectivity index (χ4n) is 2.27. The van der Waals surface area contributed by atoms with E-state index in [9.17, 15) is 4.79 Å². The fraction of sp³-hybridized carbons (Fsp3) is 0.467. The zero-order valence-electron chi connectivity index (χ0n) is 11.1. The predicted octanol–water partition coefficient (Wildman–Crippen LogP) is 1.85. The molecule has 0 aromatic heterocycles. The SMILES string of the molecule is CN(CC(=O)c1ccc(C#N)cc1)CC1CCCO1. The summed E-state index contributed by atoms with van der Waals surface area (Å²) in [5.41, 5.74) is 1.22. The van der Waals surface area contributed by atoms with Gasteiger partial charge in [-0.15, -0.1) is 0 Å². The lowest BCUT2D eigenvalue weighted by molar-refractivity contribution is 0.0740. The maximum atomic E-state index is 12.1. The molecule has 1 saturated heterocycles. The number of benzene rings is 1. The van der Waals surface area contributed by atoms with E-state index in [0.29, 0.717) is 17.7 Å². The lowest BCUT2D eigenvalue weighted by Gasteiger charge is -2.19. The summed E-state index contributed by atoms with van der Waals surface area (Å²) in [4.78, 5) is 14.1. The van der Waals surface area contributed by atoms with Gasteiger partial charge in [0, 0.05) is 18.7 Å². The first-order valence-electron chi connectivity index (χ1n) is 6.52. The predicted molar refractivity (Wildman–Crippen MR) is 72.0 cm³/mol. The van der Waals surface area contributed by atoms with Gasteiger partial charge in [-0.05, 0) is 32.0 Å². The minimum absolute atomic E-state index is 0.0741. The number of Topliss-reactive ketones (excluding diaryl/α,β-unsaturated/α-hetero) is 1. The smallest absolute Gasteiger partial charge is 0.176 e. The first-order valence-corrected chi connectivity index (χ1v) is 6.52. The number of hydrogen-bond donors (Lipinski definition) is 0. The molecule has 100 valence electrons. The average Bonchev–Trinajstić information content (AvgIpc) is 2.91. The molecule has 4 heteroatoms. The Morgan fingerprint density at radius 2 is 2.21 bits per heavy atom. The number of ketones is 1. The largest absolute Gasteiger partial charge is 0.377 e. The Kier molecular flexibility index (Phi) is 4.67. The van der Waals surface area contributed by atoms with Gasteiger partial charge in [0.2, 0.25) is 0 Å². The molecule has 0 bridgehead atoms. The van der Waals surface area contributed by atoms with Crippen LogP contribution in [-0.2, 0) is 4.74 Å². The minimum Gasteiger partial charge on any atom is -0.377 e. The van der Waals surface area contributed by atoms with Crippen molar-refractivity contribution in [3.63, 3.8) is 0 Å². The minimum atomic E-state index is 0.0741. The molecule has 1 aromatic rings. The lowest BCUT2D eigenvalue weighted by atomic mass is 10.1. The second-order valence-electron chi connectivity index (χ2n) is 4.94.